The summed E-state index contributed by atoms with van der Waals surface area (Å²) in [5, 5.41) is 19.2. The Bertz CT molecular complexity index is 322. The van der Waals surface area contributed by atoms with Crippen LogP contribution in [0.4, 0.5) is 0 Å². The zero-order chi connectivity index (χ0) is 15.5. The third kappa shape index (κ3) is 4.73. The SMILES string of the molecule is CO[C@@H](CC1SCCCS1)[C@H]1OC(C)(C)O[C@@H]1[C@H](O)CO. The summed E-state index contributed by atoms with van der Waals surface area (Å²) in [7, 11) is 1.67. The van der Waals surface area contributed by atoms with E-state index in [2.05, 4.69) is 0 Å². The van der Waals surface area contributed by atoms with E-state index in [1.807, 2.05) is 37.4 Å². The van der Waals surface area contributed by atoms with Crippen LogP contribution in [0.5, 0.6) is 0 Å². The van der Waals surface area contributed by atoms with Gasteiger partial charge in [0, 0.05) is 7.11 Å². The van der Waals surface area contributed by atoms with Gasteiger partial charge in [-0.2, -0.15) is 0 Å². The Hall–Kier alpha value is 0.500. The van der Waals surface area contributed by atoms with Gasteiger partial charge in [0.15, 0.2) is 5.79 Å². The summed E-state index contributed by atoms with van der Waals surface area (Å²) in [6, 6.07) is 0. The summed E-state index contributed by atoms with van der Waals surface area (Å²) < 4.78 is 17.8. The van der Waals surface area contributed by atoms with E-state index >= 15 is 0 Å². The zero-order valence-electron chi connectivity index (χ0n) is 12.9. The highest BCUT2D eigenvalue weighted by atomic mass is 32.2. The molecule has 0 bridgehead atoms. The van der Waals surface area contributed by atoms with Gasteiger partial charge in [0.05, 0.1) is 17.3 Å². The summed E-state index contributed by atoms with van der Waals surface area (Å²) in [6.07, 6.45) is 0.0710. The van der Waals surface area contributed by atoms with E-state index < -0.39 is 18.0 Å². The molecule has 0 saturated carbocycles. The van der Waals surface area contributed by atoms with Crippen molar-refractivity contribution in [1.82, 2.24) is 0 Å². The van der Waals surface area contributed by atoms with E-state index in [-0.39, 0.29) is 18.8 Å². The van der Waals surface area contributed by atoms with Gasteiger partial charge < -0.3 is 24.4 Å². The summed E-state index contributed by atoms with van der Waals surface area (Å²) >= 11 is 3.91. The van der Waals surface area contributed by atoms with E-state index in [1.165, 1.54) is 17.9 Å². The normalized spacial score (nSPS) is 33.0. The number of thioether (sulfide) groups is 2. The molecule has 0 aromatic carbocycles. The van der Waals surface area contributed by atoms with Crippen molar-refractivity contribution in [2.45, 2.75) is 61.5 Å². The van der Waals surface area contributed by atoms with E-state index in [4.69, 9.17) is 14.2 Å². The molecular formula is C14H26O5S2. The number of aliphatic hydroxyl groups is 2. The largest absolute Gasteiger partial charge is 0.394 e. The van der Waals surface area contributed by atoms with Crippen molar-refractivity contribution < 1.29 is 24.4 Å². The smallest absolute Gasteiger partial charge is 0.164 e. The number of ether oxygens (including phenoxy) is 3. The van der Waals surface area contributed by atoms with Crippen molar-refractivity contribution in [3.63, 3.8) is 0 Å². The van der Waals surface area contributed by atoms with Crippen LogP contribution in [0, 0.1) is 0 Å². The molecular weight excluding hydrogens is 312 g/mol. The Morgan fingerprint density at radius 3 is 2.43 bits per heavy atom. The van der Waals surface area contributed by atoms with Gasteiger partial charge in [-0.3, -0.25) is 0 Å². The number of hydrogen-bond donors (Lipinski definition) is 2. The van der Waals surface area contributed by atoms with Crippen LogP contribution in [-0.2, 0) is 14.2 Å². The summed E-state index contributed by atoms with van der Waals surface area (Å²) in [5.41, 5.74) is 0. The van der Waals surface area contributed by atoms with Gasteiger partial charge in [-0.15, -0.1) is 23.5 Å². The lowest BCUT2D eigenvalue weighted by Crippen LogP contribution is -2.45. The number of rotatable bonds is 6. The van der Waals surface area contributed by atoms with Crippen LogP contribution in [0.3, 0.4) is 0 Å². The molecule has 0 radical (unpaired) electrons. The van der Waals surface area contributed by atoms with E-state index in [0.717, 1.165) is 6.42 Å². The molecule has 0 amide bonds. The lowest BCUT2D eigenvalue weighted by Gasteiger charge is -2.31. The van der Waals surface area contributed by atoms with Crippen molar-refractivity contribution in [2.75, 3.05) is 25.2 Å². The average Bonchev–Trinajstić information content (AvgIpc) is 2.80. The molecule has 2 fully saturated rings. The van der Waals surface area contributed by atoms with Gasteiger partial charge in [-0.05, 0) is 38.2 Å². The fourth-order valence-electron chi connectivity index (χ4n) is 2.73. The first-order valence-electron chi connectivity index (χ1n) is 7.37. The lowest BCUT2D eigenvalue weighted by molar-refractivity contribution is -0.163. The molecule has 124 valence electrons. The van der Waals surface area contributed by atoms with Crippen LogP contribution >= 0.6 is 23.5 Å². The van der Waals surface area contributed by atoms with Crippen LogP contribution in [0.15, 0.2) is 0 Å². The molecule has 21 heavy (non-hydrogen) atoms. The van der Waals surface area contributed by atoms with E-state index in [9.17, 15) is 10.2 Å². The molecule has 2 heterocycles. The maximum absolute atomic E-state index is 9.99. The van der Waals surface area contributed by atoms with Crippen LogP contribution in [-0.4, -0.2) is 70.2 Å². The van der Waals surface area contributed by atoms with Gasteiger partial charge in [0.2, 0.25) is 0 Å². The number of hydrogen-bond acceptors (Lipinski definition) is 7. The Morgan fingerprint density at radius 2 is 1.86 bits per heavy atom. The van der Waals surface area contributed by atoms with Gasteiger partial charge in [-0.1, -0.05) is 0 Å². The molecule has 0 aromatic heterocycles. The standard InChI is InChI=1S/C14H26O5S2/c1-14(2)18-12(9(16)8-15)13(19-14)10(17-3)7-11-20-5-4-6-21-11/h9-13,15-16H,4-8H2,1-3H3/t9-,10+,12-,13-/m1/s1. The van der Waals surface area contributed by atoms with Crippen LogP contribution in [0.2, 0.25) is 0 Å². The molecule has 0 spiro atoms. The summed E-state index contributed by atoms with van der Waals surface area (Å²) in [4.78, 5) is 0. The van der Waals surface area contributed by atoms with Crippen molar-refractivity contribution >= 4 is 23.5 Å². The first-order chi connectivity index (χ1) is 9.96. The van der Waals surface area contributed by atoms with Crippen molar-refractivity contribution in [3.05, 3.63) is 0 Å². The maximum Gasteiger partial charge on any atom is 0.164 e. The predicted molar refractivity (Wildman–Crippen MR) is 85.7 cm³/mol. The predicted octanol–water partition coefficient (Wildman–Crippen LogP) is 1.46. The van der Waals surface area contributed by atoms with Gasteiger partial charge in [-0.25, -0.2) is 0 Å². The first-order valence-corrected chi connectivity index (χ1v) is 9.47. The topological polar surface area (TPSA) is 68.2 Å². The second kappa shape index (κ2) is 7.86. The molecule has 7 heteroatoms. The minimum Gasteiger partial charge on any atom is -0.394 e. The molecule has 2 rings (SSSR count). The first kappa shape index (κ1) is 17.8. The summed E-state index contributed by atoms with van der Waals surface area (Å²) in [5.74, 6) is 1.60. The quantitative estimate of drug-likeness (QED) is 0.760. The highest BCUT2D eigenvalue weighted by molar-refractivity contribution is 8.17. The Balaban J connectivity index is 2.03. The van der Waals surface area contributed by atoms with Crippen LogP contribution in [0.25, 0.3) is 0 Å². The van der Waals surface area contributed by atoms with Crippen LogP contribution in [0.1, 0.15) is 26.7 Å². The Morgan fingerprint density at radius 1 is 1.24 bits per heavy atom. The third-order valence-electron chi connectivity index (χ3n) is 3.72. The van der Waals surface area contributed by atoms with E-state index in [0.29, 0.717) is 4.58 Å². The van der Waals surface area contributed by atoms with Crippen molar-refractivity contribution in [1.29, 1.82) is 0 Å². The molecule has 2 aliphatic heterocycles. The molecule has 2 saturated heterocycles. The monoisotopic (exact) mass is 338 g/mol. The number of methoxy groups -OCH3 is 1. The average molecular weight is 338 g/mol. The maximum atomic E-state index is 9.99. The van der Waals surface area contributed by atoms with Crippen molar-refractivity contribution in [2.24, 2.45) is 0 Å². The van der Waals surface area contributed by atoms with Crippen LogP contribution < -0.4 is 0 Å². The second-order valence-electron chi connectivity index (χ2n) is 5.85. The fraction of sp³-hybridized carbons (Fsp3) is 1.00. The lowest BCUT2D eigenvalue weighted by atomic mass is 10.0. The van der Waals surface area contributed by atoms with Gasteiger partial charge in [0.1, 0.15) is 18.3 Å². The Kier molecular flexibility index (Phi) is 6.68. The molecule has 2 aliphatic rings. The van der Waals surface area contributed by atoms with Gasteiger partial charge in [0.25, 0.3) is 0 Å². The van der Waals surface area contributed by atoms with Crippen molar-refractivity contribution in [3.8, 4) is 0 Å². The highest BCUT2D eigenvalue weighted by Crippen LogP contribution is 2.38. The highest BCUT2D eigenvalue weighted by Gasteiger charge is 2.48. The third-order valence-corrected chi connectivity index (χ3v) is 6.71. The zero-order valence-corrected chi connectivity index (χ0v) is 14.5. The number of aliphatic hydroxyl groups excluding tert-OH is 2. The Labute approximate surface area is 135 Å². The van der Waals surface area contributed by atoms with Gasteiger partial charge >= 0.3 is 0 Å². The minimum atomic E-state index is -0.957. The molecule has 2 N–H and O–H groups in total. The molecule has 0 unspecified atom stereocenters. The molecule has 5 nitrogen and oxygen atoms in total. The molecule has 0 aliphatic carbocycles. The van der Waals surface area contributed by atoms with E-state index in [1.54, 1.807) is 7.11 Å². The second-order valence-corrected chi connectivity index (χ2v) is 8.77. The molecule has 4 atom stereocenters. The fourth-order valence-corrected chi connectivity index (χ4v) is 5.68. The minimum absolute atomic E-state index is 0.152. The molecule has 0 aromatic rings. The summed E-state index contributed by atoms with van der Waals surface area (Å²) in [6.45, 7) is 3.30.